The molecule has 0 aromatic heterocycles. The molecule has 47 heavy (non-hydrogen) atoms. The van der Waals surface area contributed by atoms with Crippen LogP contribution in [-0.4, -0.2) is 130 Å². The minimum absolute atomic E-state index is 0.0240. The fraction of sp³-hybridized carbons (Fsp3) is 0.946. The zero-order chi connectivity index (χ0) is 31.6. The summed E-state index contributed by atoms with van der Waals surface area (Å²) in [5.41, 5.74) is -0.209. The van der Waals surface area contributed by atoms with Crippen LogP contribution in [-0.2, 0) is 18.9 Å². The van der Waals surface area contributed by atoms with Crippen molar-refractivity contribution in [2.75, 3.05) is 70.7 Å². The Morgan fingerprint density at radius 3 is 2.00 bits per heavy atom. The van der Waals surface area contributed by atoms with Gasteiger partial charge in [-0.15, -0.1) is 11.8 Å². The van der Waals surface area contributed by atoms with E-state index in [1.165, 1.54) is 108 Å². The van der Waals surface area contributed by atoms with Gasteiger partial charge in [-0.2, -0.15) is 23.5 Å². The molecule has 7 nitrogen and oxygen atoms in total. The highest BCUT2D eigenvalue weighted by atomic mass is 32.2. The van der Waals surface area contributed by atoms with Crippen molar-refractivity contribution in [3.05, 3.63) is 12.3 Å². The largest absolute Gasteiger partial charge is 0.497 e. The van der Waals surface area contributed by atoms with Crippen LogP contribution >= 0.6 is 35.3 Å². The van der Waals surface area contributed by atoms with Crippen LogP contribution in [0.15, 0.2) is 12.3 Å². The van der Waals surface area contributed by atoms with Crippen LogP contribution in [0.1, 0.15) is 103 Å². The highest BCUT2D eigenvalue weighted by Crippen LogP contribution is 2.67. The number of thioether (sulfide) groups is 3. The highest BCUT2D eigenvalue weighted by Gasteiger charge is 2.77. The van der Waals surface area contributed by atoms with Crippen molar-refractivity contribution in [3.63, 3.8) is 0 Å². The summed E-state index contributed by atoms with van der Waals surface area (Å²) in [6, 6.07) is 0. The highest BCUT2D eigenvalue weighted by molar-refractivity contribution is 8.05. The molecule has 0 amide bonds. The molecule has 0 radical (unpaired) electrons. The van der Waals surface area contributed by atoms with Crippen LogP contribution in [0.3, 0.4) is 0 Å². The van der Waals surface area contributed by atoms with Crippen molar-refractivity contribution in [3.8, 4) is 0 Å². The number of rotatable bonds is 7. The first-order valence-electron chi connectivity index (χ1n) is 19.6. The van der Waals surface area contributed by atoms with Crippen LogP contribution in [0.25, 0.3) is 0 Å². The standard InChI is InChI=1S/C37H61N3O4S3/c1-6-18-38(19-7-1)37(34-16-5-11-27-46-34)36(31-14-3-9-23-43-31,32-15-4-10-24-44-32)47-35(33-17-12-28-45-33,30-13-2-8-22-42-30)29-40(37)39-20-25-41-26-21-39/h9,23,30-34H,1-8,10-22,24-29H2. The van der Waals surface area contributed by atoms with Crippen molar-refractivity contribution < 1.29 is 18.9 Å². The predicted octanol–water partition coefficient (Wildman–Crippen LogP) is 6.95. The summed E-state index contributed by atoms with van der Waals surface area (Å²) < 4.78 is 27.4. The lowest BCUT2D eigenvalue weighted by molar-refractivity contribution is -0.258. The maximum Gasteiger partial charge on any atom is 0.120 e. The first-order valence-corrected chi connectivity index (χ1v) is 22.5. The van der Waals surface area contributed by atoms with E-state index in [1.54, 1.807) is 0 Å². The fourth-order valence-corrected chi connectivity index (χ4v) is 16.9. The van der Waals surface area contributed by atoms with E-state index >= 15 is 0 Å². The van der Waals surface area contributed by atoms with E-state index in [1.807, 2.05) is 0 Å². The zero-order valence-electron chi connectivity index (χ0n) is 28.8. The zero-order valence-corrected chi connectivity index (χ0v) is 31.3. The van der Waals surface area contributed by atoms with Crippen LogP contribution in [0.4, 0.5) is 0 Å². The molecule has 7 fully saturated rings. The lowest BCUT2D eigenvalue weighted by Crippen LogP contribution is -2.89. The summed E-state index contributed by atoms with van der Waals surface area (Å²) in [4.78, 5) is 3.06. The minimum atomic E-state index is -0.259. The first-order chi connectivity index (χ1) is 23.3. The average Bonchev–Trinajstić information content (AvgIpc) is 3.72. The Morgan fingerprint density at radius 2 is 1.34 bits per heavy atom. The molecule has 0 spiro atoms. The van der Waals surface area contributed by atoms with Crippen molar-refractivity contribution in [1.29, 1.82) is 0 Å². The molecule has 266 valence electrons. The quantitative estimate of drug-likeness (QED) is 0.278. The fourth-order valence-electron chi connectivity index (χ4n) is 10.8. The molecule has 8 unspecified atom stereocenters. The SMILES string of the molecule is C1=COC(C2(C3CCCCO3)SC(C3CCCCO3)(C3CCCS3)CN(N3CCOCC3)C2(C2CCCCS2)N2CCCCC2)CC1. The Bertz CT molecular complexity index is 1020. The summed E-state index contributed by atoms with van der Waals surface area (Å²) >= 11 is 7.00. The van der Waals surface area contributed by atoms with Crippen LogP contribution in [0.5, 0.6) is 0 Å². The second-order valence-corrected chi connectivity index (χ2v) is 19.6. The van der Waals surface area contributed by atoms with Gasteiger partial charge in [0.15, 0.2) is 0 Å². The van der Waals surface area contributed by atoms with Gasteiger partial charge in [0.2, 0.25) is 0 Å². The van der Waals surface area contributed by atoms with E-state index in [-0.39, 0.29) is 33.5 Å². The molecule has 0 aliphatic carbocycles. The molecule has 7 saturated heterocycles. The maximum atomic E-state index is 7.31. The summed E-state index contributed by atoms with van der Waals surface area (Å²) in [6.07, 6.45) is 24.8. The molecule has 8 heterocycles. The van der Waals surface area contributed by atoms with E-state index in [9.17, 15) is 0 Å². The number of piperidine rings is 1. The predicted molar refractivity (Wildman–Crippen MR) is 196 cm³/mol. The van der Waals surface area contributed by atoms with Crippen LogP contribution in [0.2, 0.25) is 0 Å². The van der Waals surface area contributed by atoms with Crippen LogP contribution in [0, 0.1) is 0 Å². The maximum absolute atomic E-state index is 7.31. The van der Waals surface area contributed by atoms with E-state index in [2.05, 4.69) is 62.5 Å². The number of hydrazine groups is 1. The number of ether oxygens (including phenoxy) is 4. The third kappa shape index (κ3) is 6.19. The third-order valence-corrected chi connectivity index (χ3v) is 18.2. The van der Waals surface area contributed by atoms with Gasteiger partial charge in [-0.05, 0) is 107 Å². The lowest BCUT2D eigenvalue weighted by atomic mass is 9.71. The number of hydrogen-bond donors (Lipinski definition) is 0. The van der Waals surface area contributed by atoms with Gasteiger partial charge in [-0.1, -0.05) is 12.8 Å². The molecule has 8 aliphatic heterocycles. The molecule has 0 aromatic rings. The number of allylic oxidation sites excluding steroid dienone is 1. The van der Waals surface area contributed by atoms with E-state index < -0.39 is 0 Å². The van der Waals surface area contributed by atoms with Gasteiger partial charge in [0.05, 0.1) is 36.4 Å². The molecule has 8 atom stereocenters. The molecule has 0 aromatic carbocycles. The topological polar surface area (TPSA) is 46.6 Å². The van der Waals surface area contributed by atoms with Crippen LogP contribution < -0.4 is 0 Å². The molecular formula is C37H61N3O4S3. The number of likely N-dealkylation sites (tertiary alicyclic amines) is 1. The Morgan fingerprint density at radius 1 is 0.617 bits per heavy atom. The molecular weight excluding hydrogens is 647 g/mol. The van der Waals surface area contributed by atoms with Gasteiger partial charge in [0.25, 0.3) is 0 Å². The summed E-state index contributed by atoms with van der Waals surface area (Å²) in [6.45, 7) is 8.82. The second kappa shape index (κ2) is 15.5. The van der Waals surface area contributed by atoms with Gasteiger partial charge in [0.1, 0.15) is 16.5 Å². The summed E-state index contributed by atoms with van der Waals surface area (Å²) in [7, 11) is 0. The van der Waals surface area contributed by atoms with Gasteiger partial charge >= 0.3 is 0 Å². The van der Waals surface area contributed by atoms with Gasteiger partial charge in [-0.25, -0.2) is 10.0 Å². The van der Waals surface area contributed by atoms with E-state index in [4.69, 9.17) is 18.9 Å². The average molecular weight is 708 g/mol. The third-order valence-electron chi connectivity index (χ3n) is 12.8. The molecule has 10 heteroatoms. The van der Waals surface area contributed by atoms with Gasteiger partial charge in [-0.3, -0.25) is 4.90 Å². The van der Waals surface area contributed by atoms with Crippen molar-refractivity contribution >= 4 is 35.3 Å². The Balaban J connectivity index is 1.41. The molecule has 8 aliphatic rings. The van der Waals surface area contributed by atoms with Gasteiger partial charge in [0, 0.05) is 56.4 Å². The van der Waals surface area contributed by atoms with Gasteiger partial charge < -0.3 is 18.9 Å². The molecule has 0 bridgehead atoms. The Hall–Kier alpha value is 0.350. The Labute approximate surface area is 297 Å². The smallest absolute Gasteiger partial charge is 0.120 e. The minimum Gasteiger partial charge on any atom is -0.497 e. The molecule has 0 saturated carbocycles. The Kier molecular flexibility index (Phi) is 11.4. The van der Waals surface area contributed by atoms with Crippen molar-refractivity contribution in [2.24, 2.45) is 0 Å². The summed E-state index contributed by atoms with van der Waals surface area (Å²) in [5, 5.41) is 6.99. The summed E-state index contributed by atoms with van der Waals surface area (Å²) in [5.74, 6) is 2.55. The second-order valence-electron chi connectivity index (χ2n) is 15.4. The number of hydrogen-bond acceptors (Lipinski definition) is 10. The molecule has 8 rings (SSSR count). The number of morpholine rings is 1. The molecule has 0 N–H and O–H groups in total. The normalized spacial score (nSPS) is 45.1. The lowest BCUT2D eigenvalue weighted by Gasteiger charge is -2.74. The number of nitrogens with zero attached hydrogens (tertiary/aromatic N) is 3. The monoisotopic (exact) mass is 707 g/mol. The van der Waals surface area contributed by atoms with E-state index in [0.29, 0.717) is 10.5 Å². The first kappa shape index (κ1) is 34.4. The van der Waals surface area contributed by atoms with Crippen molar-refractivity contribution in [2.45, 2.75) is 147 Å². The van der Waals surface area contributed by atoms with Crippen molar-refractivity contribution in [1.82, 2.24) is 14.9 Å². The van der Waals surface area contributed by atoms with E-state index in [0.717, 1.165) is 65.3 Å².